The van der Waals surface area contributed by atoms with Crippen molar-refractivity contribution in [1.29, 1.82) is 0 Å². The first-order valence-electron chi connectivity index (χ1n) is 5.39. The molecule has 1 N–H and O–H groups in total. The van der Waals surface area contributed by atoms with Crippen LogP contribution in [0.5, 0.6) is 0 Å². The zero-order valence-electron chi connectivity index (χ0n) is 9.46. The van der Waals surface area contributed by atoms with Crippen molar-refractivity contribution in [2.75, 3.05) is 6.61 Å². The molecule has 0 atom stereocenters. The molecule has 0 amide bonds. The van der Waals surface area contributed by atoms with Crippen molar-refractivity contribution < 1.29 is 5.11 Å². The Bertz CT molecular complexity index is 307. The van der Waals surface area contributed by atoms with E-state index >= 15 is 0 Å². The van der Waals surface area contributed by atoms with E-state index in [1.54, 1.807) is 0 Å². The molecule has 0 aromatic heterocycles. The van der Waals surface area contributed by atoms with Crippen molar-refractivity contribution >= 4 is 15.9 Å². The number of rotatable bonds is 5. The number of halogens is 1. The van der Waals surface area contributed by atoms with Gasteiger partial charge in [-0.3, -0.25) is 0 Å². The van der Waals surface area contributed by atoms with Crippen LogP contribution in [0.1, 0.15) is 32.3 Å². The van der Waals surface area contributed by atoms with Gasteiger partial charge in [0.1, 0.15) is 0 Å². The van der Waals surface area contributed by atoms with E-state index in [0.717, 1.165) is 19.3 Å². The molecule has 1 nitrogen and oxygen atoms in total. The van der Waals surface area contributed by atoms with Crippen LogP contribution in [0.3, 0.4) is 0 Å². The first-order valence-corrected chi connectivity index (χ1v) is 6.19. The maximum atomic E-state index is 9.14. The smallest absolute Gasteiger partial charge is 0.0482 e. The summed E-state index contributed by atoms with van der Waals surface area (Å²) in [5.41, 5.74) is 1.41. The summed E-state index contributed by atoms with van der Waals surface area (Å²) in [5, 5.41) is 9.14. The van der Waals surface area contributed by atoms with Crippen LogP contribution in [0.25, 0.3) is 0 Å². The summed E-state index contributed by atoms with van der Waals surface area (Å²) < 4.78 is 1.19. The van der Waals surface area contributed by atoms with Crippen molar-refractivity contribution in [3.05, 3.63) is 34.3 Å². The van der Waals surface area contributed by atoms with Gasteiger partial charge in [-0.25, -0.2) is 0 Å². The topological polar surface area (TPSA) is 20.2 Å². The van der Waals surface area contributed by atoms with Crippen LogP contribution in [0.15, 0.2) is 28.7 Å². The molecule has 0 saturated carbocycles. The zero-order valence-corrected chi connectivity index (χ0v) is 11.0. The third-order valence-corrected chi connectivity index (χ3v) is 3.46. The maximum absolute atomic E-state index is 9.14. The van der Waals surface area contributed by atoms with E-state index in [0.29, 0.717) is 0 Å². The Morgan fingerprint density at radius 2 is 1.93 bits per heavy atom. The van der Waals surface area contributed by atoms with Gasteiger partial charge in [-0.2, -0.15) is 0 Å². The molecule has 0 aliphatic heterocycles. The highest BCUT2D eigenvalue weighted by atomic mass is 79.9. The number of benzene rings is 1. The fourth-order valence-corrected chi connectivity index (χ4v) is 2.02. The number of aliphatic hydroxyl groups is 1. The van der Waals surface area contributed by atoms with Gasteiger partial charge in [0.15, 0.2) is 0 Å². The van der Waals surface area contributed by atoms with Crippen molar-refractivity contribution in [3.8, 4) is 0 Å². The Kier molecular flexibility index (Phi) is 4.81. The molecule has 0 fully saturated rings. The highest BCUT2D eigenvalue weighted by Crippen LogP contribution is 2.24. The predicted octanol–water partition coefficient (Wildman–Crippen LogP) is 3.79. The Morgan fingerprint density at radius 3 is 2.53 bits per heavy atom. The van der Waals surface area contributed by atoms with E-state index in [2.05, 4.69) is 48.0 Å². The SMILES string of the molecule is CC(C)(CO)CCCc1ccccc1Br. The summed E-state index contributed by atoms with van der Waals surface area (Å²) in [6.07, 6.45) is 3.26. The van der Waals surface area contributed by atoms with E-state index in [4.69, 9.17) is 5.11 Å². The number of aliphatic hydroxyl groups excluding tert-OH is 1. The first kappa shape index (κ1) is 12.7. The van der Waals surface area contributed by atoms with Gasteiger partial charge >= 0.3 is 0 Å². The first-order chi connectivity index (χ1) is 7.05. The quantitative estimate of drug-likeness (QED) is 0.863. The van der Waals surface area contributed by atoms with E-state index in [1.807, 2.05) is 6.07 Å². The average molecular weight is 271 g/mol. The van der Waals surface area contributed by atoms with Crippen molar-refractivity contribution in [3.63, 3.8) is 0 Å². The molecule has 1 rings (SSSR count). The van der Waals surface area contributed by atoms with E-state index in [9.17, 15) is 0 Å². The van der Waals surface area contributed by atoms with Gasteiger partial charge in [0.2, 0.25) is 0 Å². The molecule has 0 aliphatic carbocycles. The monoisotopic (exact) mass is 270 g/mol. The van der Waals surface area contributed by atoms with Crippen LogP contribution >= 0.6 is 15.9 Å². The van der Waals surface area contributed by atoms with Crippen LogP contribution in [-0.2, 0) is 6.42 Å². The van der Waals surface area contributed by atoms with Crippen molar-refractivity contribution in [1.82, 2.24) is 0 Å². The molecule has 1 aromatic carbocycles. The van der Waals surface area contributed by atoms with Crippen LogP contribution in [0.2, 0.25) is 0 Å². The van der Waals surface area contributed by atoms with Crippen molar-refractivity contribution in [2.24, 2.45) is 5.41 Å². The number of aryl methyl sites for hydroxylation is 1. The lowest BCUT2D eigenvalue weighted by Crippen LogP contribution is -2.16. The second-order valence-corrected chi connectivity index (χ2v) is 5.62. The minimum atomic E-state index is 0.0568. The molecule has 0 aliphatic rings. The van der Waals surface area contributed by atoms with Gasteiger partial charge in [0.05, 0.1) is 0 Å². The summed E-state index contributed by atoms with van der Waals surface area (Å²) in [5.74, 6) is 0. The van der Waals surface area contributed by atoms with E-state index < -0.39 is 0 Å². The molecule has 0 radical (unpaired) electrons. The summed E-state index contributed by atoms with van der Waals surface area (Å²) in [7, 11) is 0. The molecule has 15 heavy (non-hydrogen) atoms. The molecular weight excluding hydrogens is 252 g/mol. The van der Waals surface area contributed by atoms with Gasteiger partial charge in [0.25, 0.3) is 0 Å². The summed E-state index contributed by atoms with van der Waals surface area (Å²) >= 11 is 3.54. The van der Waals surface area contributed by atoms with Gasteiger partial charge in [-0.05, 0) is 36.3 Å². The lowest BCUT2D eigenvalue weighted by atomic mass is 9.87. The minimum absolute atomic E-state index is 0.0568. The average Bonchev–Trinajstić information content (AvgIpc) is 2.21. The highest BCUT2D eigenvalue weighted by molar-refractivity contribution is 9.10. The van der Waals surface area contributed by atoms with Crippen LogP contribution in [-0.4, -0.2) is 11.7 Å². The molecule has 84 valence electrons. The molecule has 0 heterocycles. The van der Waals surface area contributed by atoms with Crippen LogP contribution in [0, 0.1) is 5.41 Å². The summed E-state index contributed by atoms with van der Waals surface area (Å²) in [6.45, 7) is 4.48. The Morgan fingerprint density at radius 1 is 1.27 bits per heavy atom. The lowest BCUT2D eigenvalue weighted by Gasteiger charge is -2.21. The Balaban J connectivity index is 2.42. The normalized spacial score (nSPS) is 11.7. The van der Waals surface area contributed by atoms with Crippen molar-refractivity contribution in [2.45, 2.75) is 33.1 Å². The third-order valence-electron chi connectivity index (χ3n) is 2.69. The molecule has 0 spiro atoms. The fraction of sp³-hybridized carbons (Fsp3) is 0.538. The maximum Gasteiger partial charge on any atom is 0.0482 e. The van der Waals surface area contributed by atoms with Crippen LogP contribution in [0.4, 0.5) is 0 Å². The number of hydrogen-bond acceptors (Lipinski definition) is 1. The molecule has 1 aromatic rings. The summed E-state index contributed by atoms with van der Waals surface area (Å²) in [6, 6.07) is 8.32. The molecule has 0 unspecified atom stereocenters. The minimum Gasteiger partial charge on any atom is -0.396 e. The van der Waals surface area contributed by atoms with E-state index in [-0.39, 0.29) is 12.0 Å². The standard InChI is InChI=1S/C13H19BrO/c1-13(2,10-15)9-5-7-11-6-3-4-8-12(11)14/h3-4,6,8,15H,5,7,9-10H2,1-2H3. The highest BCUT2D eigenvalue weighted by Gasteiger charge is 2.15. The second kappa shape index (κ2) is 5.66. The third kappa shape index (κ3) is 4.35. The predicted molar refractivity (Wildman–Crippen MR) is 67.9 cm³/mol. The lowest BCUT2D eigenvalue weighted by molar-refractivity contribution is 0.148. The molecule has 0 saturated heterocycles. The Hall–Kier alpha value is -0.340. The van der Waals surface area contributed by atoms with Gasteiger partial charge < -0.3 is 5.11 Å². The number of hydrogen-bond donors (Lipinski definition) is 1. The van der Waals surface area contributed by atoms with Gasteiger partial charge in [0, 0.05) is 11.1 Å². The van der Waals surface area contributed by atoms with E-state index in [1.165, 1.54) is 10.0 Å². The fourth-order valence-electron chi connectivity index (χ4n) is 1.54. The van der Waals surface area contributed by atoms with Crippen LogP contribution < -0.4 is 0 Å². The summed E-state index contributed by atoms with van der Waals surface area (Å²) in [4.78, 5) is 0. The van der Waals surface area contributed by atoms with Gasteiger partial charge in [-0.1, -0.05) is 48.0 Å². The molecule has 2 heteroatoms. The molecular formula is C13H19BrO. The van der Waals surface area contributed by atoms with Gasteiger partial charge in [-0.15, -0.1) is 0 Å². The molecule has 0 bridgehead atoms. The largest absolute Gasteiger partial charge is 0.396 e. The Labute approximate surface area is 101 Å². The second-order valence-electron chi connectivity index (χ2n) is 4.77. The zero-order chi connectivity index (χ0) is 11.3.